The molecule has 0 radical (unpaired) electrons. The summed E-state index contributed by atoms with van der Waals surface area (Å²) in [7, 11) is 5.13. The van der Waals surface area contributed by atoms with Gasteiger partial charge in [0.2, 0.25) is 0 Å². The fourth-order valence-electron chi connectivity index (χ4n) is 5.70. The van der Waals surface area contributed by atoms with Crippen LogP contribution in [0.2, 0.25) is 0 Å². The summed E-state index contributed by atoms with van der Waals surface area (Å²) in [4.78, 5) is 31.4. The molecule has 4 aromatic rings. The predicted molar refractivity (Wildman–Crippen MR) is 141 cm³/mol. The van der Waals surface area contributed by atoms with E-state index in [1.54, 1.807) is 6.07 Å². The van der Waals surface area contributed by atoms with E-state index in [9.17, 15) is 9.59 Å². The lowest BCUT2D eigenvalue weighted by Gasteiger charge is -2.18. The van der Waals surface area contributed by atoms with Crippen molar-refractivity contribution in [3.63, 3.8) is 0 Å². The fraction of sp³-hybridized carbons (Fsp3) is 0.250. The maximum absolute atomic E-state index is 15.4. The number of hydrogen-bond acceptors (Lipinski definition) is 5. The molecule has 1 aliphatic carbocycles. The van der Waals surface area contributed by atoms with E-state index in [2.05, 4.69) is 27.2 Å². The molecule has 0 atom stereocenters. The number of fused-ring (bicyclic) bond motifs is 4. The highest BCUT2D eigenvalue weighted by Crippen LogP contribution is 2.42. The molecule has 4 N–H and O–H groups in total. The van der Waals surface area contributed by atoms with E-state index in [0.717, 1.165) is 47.0 Å². The van der Waals surface area contributed by atoms with Crippen LogP contribution in [0.15, 0.2) is 36.5 Å². The molecule has 2 amide bonds. The lowest BCUT2D eigenvalue weighted by molar-refractivity contribution is 0.0824. The Morgan fingerprint density at radius 2 is 1.89 bits per heavy atom. The van der Waals surface area contributed by atoms with Crippen molar-refractivity contribution >= 4 is 39.9 Å². The smallest absolute Gasteiger partial charge is 0.258 e. The molecule has 9 heteroatoms. The van der Waals surface area contributed by atoms with Gasteiger partial charge in [-0.2, -0.15) is 0 Å². The summed E-state index contributed by atoms with van der Waals surface area (Å²) in [5, 5.41) is 7.10. The number of aromatic nitrogens is 2. The first-order chi connectivity index (χ1) is 17.8. The number of nitrogen functional groups attached to an aromatic ring is 1. The van der Waals surface area contributed by atoms with Gasteiger partial charge in [0, 0.05) is 50.7 Å². The van der Waals surface area contributed by atoms with Gasteiger partial charge in [-0.15, -0.1) is 0 Å². The van der Waals surface area contributed by atoms with Gasteiger partial charge in [0.05, 0.1) is 16.9 Å². The van der Waals surface area contributed by atoms with Crippen LogP contribution in [0.3, 0.4) is 0 Å². The molecule has 0 fully saturated rings. The molecular weight excluding hydrogens is 471 g/mol. The molecule has 3 heterocycles. The van der Waals surface area contributed by atoms with E-state index < -0.39 is 11.7 Å². The average molecular weight is 499 g/mol. The summed E-state index contributed by atoms with van der Waals surface area (Å²) >= 11 is 0. The van der Waals surface area contributed by atoms with E-state index in [4.69, 9.17) is 5.73 Å². The molecule has 6 rings (SSSR count). The van der Waals surface area contributed by atoms with Gasteiger partial charge in [-0.25, -0.2) is 9.37 Å². The summed E-state index contributed by atoms with van der Waals surface area (Å²) in [6, 6.07) is 8.72. The maximum Gasteiger partial charge on any atom is 0.258 e. The normalized spacial score (nSPS) is 14.0. The van der Waals surface area contributed by atoms with Crippen LogP contribution in [-0.4, -0.2) is 40.4 Å². The van der Waals surface area contributed by atoms with Crippen LogP contribution in [0.5, 0.6) is 0 Å². The zero-order valence-electron chi connectivity index (χ0n) is 20.9. The van der Waals surface area contributed by atoms with E-state index in [1.165, 1.54) is 42.4 Å². The molecule has 188 valence electrons. The summed E-state index contributed by atoms with van der Waals surface area (Å²) < 4.78 is 17.6. The van der Waals surface area contributed by atoms with Crippen molar-refractivity contribution in [3.8, 4) is 11.1 Å². The third-order valence-corrected chi connectivity index (χ3v) is 7.46. The quantitative estimate of drug-likeness (QED) is 0.367. The molecule has 0 unspecified atom stereocenters. The molecule has 0 spiro atoms. The number of pyridine rings is 1. The van der Waals surface area contributed by atoms with Gasteiger partial charge < -0.3 is 25.8 Å². The minimum atomic E-state index is -0.759. The second-order valence-corrected chi connectivity index (χ2v) is 9.81. The minimum absolute atomic E-state index is 0.0529. The van der Waals surface area contributed by atoms with Crippen molar-refractivity contribution in [2.45, 2.75) is 25.8 Å². The van der Waals surface area contributed by atoms with Gasteiger partial charge in [0.1, 0.15) is 11.2 Å². The van der Waals surface area contributed by atoms with Crippen LogP contribution in [0.1, 0.15) is 44.0 Å². The number of amides is 2. The van der Waals surface area contributed by atoms with Crippen molar-refractivity contribution in [1.29, 1.82) is 0 Å². The standard InChI is InChI=1S/C28H27FN6O2/c1-34(2)28(37)24-18(30)8-10-20(25(24)29)33-19-9-7-14(17-13-32-27(36)23(17)19)15-11-12-31-26-22(15)16-5-4-6-21(16)35(26)3/h7-12,33H,4-6,13,30H2,1-3H3,(H,32,36). The van der Waals surface area contributed by atoms with E-state index in [-0.39, 0.29) is 22.8 Å². The highest BCUT2D eigenvalue weighted by atomic mass is 19.1. The molecule has 0 bridgehead atoms. The molecular formula is C28H27FN6O2. The highest BCUT2D eigenvalue weighted by molar-refractivity contribution is 6.08. The number of carbonyl (C=O) groups is 2. The first-order valence-electron chi connectivity index (χ1n) is 12.2. The monoisotopic (exact) mass is 498 g/mol. The Bertz CT molecular complexity index is 1640. The number of nitrogens with zero attached hydrogens (tertiary/aromatic N) is 3. The molecule has 2 aromatic carbocycles. The van der Waals surface area contributed by atoms with Gasteiger partial charge in [-0.1, -0.05) is 6.07 Å². The lowest BCUT2D eigenvalue weighted by atomic mass is 9.93. The van der Waals surface area contributed by atoms with Crippen LogP contribution in [0, 0.1) is 5.82 Å². The van der Waals surface area contributed by atoms with Gasteiger partial charge in [0.15, 0.2) is 5.82 Å². The SMILES string of the molecule is CN(C)C(=O)c1c(N)ccc(Nc2ccc(-c3ccnc4c3c3c(n4C)CCC3)c3c2C(=O)NC3)c1F. The van der Waals surface area contributed by atoms with Gasteiger partial charge >= 0.3 is 0 Å². The Hall–Kier alpha value is -4.40. The number of carbonyl (C=O) groups excluding carboxylic acids is 2. The highest BCUT2D eigenvalue weighted by Gasteiger charge is 2.30. The van der Waals surface area contributed by atoms with Crippen molar-refractivity contribution in [3.05, 3.63) is 70.3 Å². The first kappa shape index (κ1) is 23.0. The number of hydrogen-bond donors (Lipinski definition) is 3. The number of halogens is 1. The minimum Gasteiger partial charge on any atom is -0.398 e. The number of anilines is 3. The van der Waals surface area contributed by atoms with Crippen molar-refractivity contribution < 1.29 is 14.0 Å². The average Bonchev–Trinajstić information content (AvgIpc) is 3.58. The molecule has 0 saturated heterocycles. The van der Waals surface area contributed by atoms with Crippen molar-refractivity contribution in [2.24, 2.45) is 7.05 Å². The Morgan fingerprint density at radius 3 is 2.68 bits per heavy atom. The Kier molecular flexibility index (Phi) is 5.18. The second kappa shape index (κ2) is 8.33. The second-order valence-electron chi connectivity index (χ2n) is 9.81. The number of rotatable bonds is 4. The van der Waals surface area contributed by atoms with Gasteiger partial charge in [0.25, 0.3) is 11.8 Å². The maximum atomic E-state index is 15.4. The zero-order valence-corrected chi connectivity index (χ0v) is 20.9. The summed E-state index contributed by atoms with van der Waals surface area (Å²) in [5.41, 5.74) is 13.2. The van der Waals surface area contributed by atoms with E-state index in [0.29, 0.717) is 17.8 Å². The molecule has 8 nitrogen and oxygen atoms in total. The Balaban J connectivity index is 1.48. The van der Waals surface area contributed by atoms with Gasteiger partial charge in [-0.3, -0.25) is 9.59 Å². The Morgan fingerprint density at radius 1 is 1.11 bits per heavy atom. The van der Waals surface area contributed by atoms with Crippen LogP contribution in [0.25, 0.3) is 22.2 Å². The van der Waals surface area contributed by atoms with Crippen LogP contribution in [0.4, 0.5) is 21.5 Å². The fourth-order valence-corrected chi connectivity index (χ4v) is 5.70. The third kappa shape index (κ3) is 3.37. The van der Waals surface area contributed by atoms with Gasteiger partial charge in [-0.05, 0) is 65.8 Å². The largest absolute Gasteiger partial charge is 0.398 e. The lowest BCUT2D eigenvalue weighted by Crippen LogP contribution is -2.24. The van der Waals surface area contributed by atoms with Crippen LogP contribution in [-0.2, 0) is 26.4 Å². The van der Waals surface area contributed by atoms with Crippen LogP contribution < -0.4 is 16.4 Å². The molecule has 1 aliphatic heterocycles. The van der Waals surface area contributed by atoms with Crippen LogP contribution >= 0.6 is 0 Å². The topological polar surface area (TPSA) is 105 Å². The predicted octanol–water partition coefficient (Wildman–Crippen LogP) is 4.14. The number of nitrogens with two attached hydrogens (primary N) is 1. The number of benzene rings is 2. The van der Waals surface area contributed by atoms with Crippen molar-refractivity contribution in [1.82, 2.24) is 19.8 Å². The third-order valence-electron chi connectivity index (χ3n) is 7.46. The van der Waals surface area contributed by atoms with E-state index >= 15 is 4.39 Å². The Labute approximate surface area is 213 Å². The molecule has 2 aliphatic rings. The summed E-state index contributed by atoms with van der Waals surface area (Å²) in [6.07, 6.45) is 4.97. The summed E-state index contributed by atoms with van der Waals surface area (Å²) in [5.74, 6) is -1.52. The summed E-state index contributed by atoms with van der Waals surface area (Å²) in [6.45, 7) is 0.368. The number of aryl methyl sites for hydroxylation is 2. The van der Waals surface area contributed by atoms with Crippen molar-refractivity contribution in [2.75, 3.05) is 25.1 Å². The molecule has 2 aromatic heterocycles. The molecule has 37 heavy (non-hydrogen) atoms. The zero-order chi connectivity index (χ0) is 26.0. The molecule has 0 saturated carbocycles. The first-order valence-corrected chi connectivity index (χ1v) is 12.2. The van der Waals surface area contributed by atoms with E-state index in [1.807, 2.05) is 18.3 Å². The number of nitrogens with one attached hydrogen (secondary N) is 2.